The predicted octanol–water partition coefficient (Wildman–Crippen LogP) is 0.186. The third-order valence-electron chi connectivity index (χ3n) is 3.23. The van der Waals surface area contributed by atoms with Gasteiger partial charge in [0.15, 0.2) is 5.96 Å². The van der Waals surface area contributed by atoms with Crippen LogP contribution in [0.2, 0.25) is 0 Å². The van der Waals surface area contributed by atoms with Crippen molar-refractivity contribution in [1.82, 2.24) is 4.90 Å². The van der Waals surface area contributed by atoms with E-state index in [4.69, 9.17) is 10.5 Å². The molecule has 1 spiro atoms. The number of guanidine groups is 1. The molecule has 2 heterocycles. The van der Waals surface area contributed by atoms with Crippen LogP contribution in [0.1, 0.15) is 19.3 Å². The van der Waals surface area contributed by atoms with E-state index in [2.05, 4.69) is 9.89 Å². The molecule has 74 valence electrons. The van der Waals surface area contributed by atoms with Crippen LogP contribution < -0.4 is 5.73 Å². The number of likely N-dealkylation sites (N-methyl/N-ethyl adjacent to an activating group) is 1. The molecule has 0 aromatic heterocycles. The van der Waals surface area contributed by atoms with E-state index in [9.17, 15) is 0 Å². The summed E-state index contributed by atoms with van der Waals surface area (Å²) in [5, 5.41) is 0. The zero-order chi connectivity index (χ0) is 9.31. The van der Waals surface area contributed by atoms with Crippen molar-refractivity contribution in [2.45, 2.75) is 24.8 Å². The SMILES string of the molecule is CN1C(N)=NCC12CCCOCC2. The third kappa shape index (κ3) is 1.39. The van der Waals surface area contributed by atoms with Crippen molar-refractivity contribution in [3.8, 4) is 0 Å². The quantitative estimate of drug-likeness (QED) is 0.583. The molecule has 0 amide bonds. The fourth-order valence-corrected chi connectivity index (χ4v) is 2.17. The molecular formula is C9H17N3O. The lowest BCUT2D eigenvalue weighted by Gasteiger charge is -2.35. The zero-order valence-electron chi connectivity index (χ0n) is 8.12. The van der Waals surface area contributed by atoms with Gasteiger partial charge in [-0.05, 0) is 19.3 Å². The summed E-state index contributed by atoms with van der Waals surface area (Å²) >= 11 is 0. The van der Waals surface area contributed by atoms with Gasteiger partial charge in [0.2, 0.25) is 0 Å². The van der Waals surface area contributed by atoms with Gasteiger partial charge in [0.1, 0.15) is 0 Å². The maximum Gasteiger partial charge on any atom is 0.191 e. The Kier molecular flexibility index (Phi) is 2.15. The molecule has 1 saturated heterocycles. The summed E-state index contributed by atoms with van der Waals surface area (Å²) in [6.07, 6.45) is 3.31. The normalized spacial score (nSPS) is 34.8. The monoisotopic (exact) mass is 183 g/mol. The van der Waals surface area contributed by atoms with E-state index in [0.717, 1.165) is 39.0 Å². The Morgan fingerprint density at radius 3 is 3.00 bits per heavy atom. The maximum absolute atomic E-state index is 5.77. The van der Waals surface area contributed by atoms with Gasteiger partial charge in [-0.1, -0.05) is 0 Å². The Morgan fingerprint density at radius 2 is 2.31 bits per heavy atom. The van der Waals surface area contributed by atoms with Crippen molar-refractivity contribution in [2.24, 2.45) is 10.7 Å². The van der Waals surface area contributed by atoms with Crippen LogP contribution in [0.4, 0.5) is 0 Å². The van der Waals surface area contributed by atoms with Gasteiger partial charge in [-0.2, -0.15) is 0 Å². The van der Waals surface area contributed by atoms with Crippen molar-refractivity contribution in [3.63, 3.8) is 0 Å². The summed E-state index contributed by atoms with van der Waals surface area (Å²) < 4.78 is 5.45. The second-order valence-corrected chi connectivity index (χ2v) is 3.92. The van der Waals surface area contributed by atoms with Crippen LogP contribution in [0, 0.1) is 0 Å². The molecule has 2 rings (SSSR count). The summed E-state index contributed by atoms with van der Waals surface area (Å²) in [6.45, 7) is 2.57. The van der Waals surface area contributed by atoms with Crippen LogP contribution in [0.15, 0.2) is 4.99 Å². The molecule has 13 heavy (non-hydrogen) atoms. The van der Waals surface area contributed by atoms with Crippen LogP contribution in [-0.2, 0) is 4.74 Å². The number of rotatable bonds is 0. The molecule has 0 saturated carbocycles. The number of hydrogen-bond donors (Lipinski definition) is 1. The third-order valence-corrected chi connectivity index (χ3v) is 3.23. The van der Waals surface area contributed by atoms with Crippen molar-refractivity contribution < 1.29 is 4.74 Å². The number of aliphatic imine (C=N–C) groups is 1. The minimum Gasteiger partial charge on any atom is -0.381 e. The lowest BCUT2D eigenvalue weighted by molar-refractivity contribution is 0.128. The summed E-state index contributed by atoms with van der Waals surface area (Å²) in [4.78, 5) is 6.43. The van der Waals surface area contributed by atoms with E-state index in [-0.39, 0.29) is 5.54 Å². The molecule has 1 fully saturated rings. The molecule has 2 aliphatic rings. The topological polar surface area (TPSA) is 50.8 Å². The zero-order valence-corrected chi connectivity index (χ0v) is 8.12. The van der Waals surface area contributed by atoms with Gasteiger partial charge in [-0.15, -0.1) is 0 Å². The Hall–Kier alpha value is -0.770. The molecule has 0 bridgehead atoms. The van der Waals surface area contributed by atoms with Gasteiger partial charge in [-0.25, -0.2) is 0 Å². The number of hydrogen-bond acceptors (Lipinski definition) is 4. The predicted molar refractivity (Wildman–Crippen MR) is 51.7 cm³/mol. The van der Waals surface area contributed by atoms with Crippen LogP contribution in [0.25, 0.3) is 0 Å². The van der Waals surface area contributed by atoms with Gasteiger partial charge in [-0.3, -0.25) is 4.99 Å². The highest BCUT2D eigenvalue weighted by Gasteiger charge is 2.39. The Labute approximate surface area is 78.8 Å². The average molecular weight is 183 g/mol. The standard InChI is InChI=1S/C9H17N3O/c1-12-8(10)11-7-9(12)3-2-5-13-6-4-9/h2-7H2,1H3,(H2,10,11). The molecule has 0 radical (unpaired) electrons. The maximum atomic E-state index is 5.77. The summed E-state index contributed by atoms with van der Waals surface area (Å²) in [6, 6.07) is 0. The van der Waals surface area contributed by atoms with E-state index in [1.165, 1.54) is 0 Å². The lowest BCUT2D eigenvalue weighted by Crippen LogP contribution is -2.49. The van der Waals surface area contributed by atoms with Gasteiger partial charge >= 0.3 is 0 Å². The van der Waals surface area contributed by atoms with Crippen molar-refractivity contribution in [1.29, 1.82) is 0 Å². The molecule has 4 nitrogen and oxygen atoms in total. The molecule has 1 unspecified atom stereocenters. The number of nitrogens with two attached hydrogens (primary N) is 1. The first-order chi connectivity index (χ1) is 6.25. The Bertz CT molecular complexity index is 219. The second kappa shape index (κ2) is 3.18. The van der Waals surface area contributed by atoms with Crippen LogP contribution in [-0.4, -0.2) is 43.2 Å². The first-order valence-electron chi connectivity index (χ1n) is 4.86. The highest BCUT2D eigenvalue weighted by molar-refractivity contribution is 5.80. The summed E-state index contributed by atoms with van der Waals surface area (Å²) in [5.74, 6) is 0.682. The van der Waals surface area contributed by atoms with E-state index >= 15 is 0 Å². The van der Waals surface area contributed by atoms with Gasteiger partial charge < -0.3 is 15.4 Å². The summed E-state index contributed by atoms with van der Waals surface area (Å²) in [7, 11) is 2.04. The minimum atomic E-state index is 0.167. The largest absolute Gasteiger partial charge is 0.381 e. The molecular weight excluding hydrogens is 166 g/mol. The van der Waals surface area contributed by atoms with Crippen molar-refractivity contribution >= 4 is 5.96 Å². The van der Waals surface area contributed by atoms with Crippen LogP contribution in [0.5, 0.6) is 0 Å². The highest BCUT2D eigenvalue weighted by Crippen LogP contribution is 2.30. The lowest BCUT2D eigenvalue weighted by atomic mass is 9.90. The molecule has 0 aromatic rings. The van der Waals surface area contributed by atoms with Gasteiger partial charge in [0.05, 0.1) is 12.1 Å². The van der Waals surface area contributed by atoms with Crippen molar-refractivity contribution in [2.75, 3.05) is 26.8 Å². The highest BCUT2D eigenvalue weighted by atomic mass is 16.5. The van der Waals surface area contributed by atoms with Crippen LogP contribution in [0.3, 0.4) is 0 Å². The fraction of sp³-hybridized carbons (Fsp3) is 0.889. The Balaban J connectivity index is 2.11. The molecule has 2 N–H and O–H groups in total. The first-order valence-corrected chi connectivity index (χ1v) is 4.86. The molecule has 4 heteroatoms. The van der Waals surface area contributed by atoms with Gasteiger partial charge in [0, 0.05) is 20.3 Å². The van der Waals surface area contributed by atoms with E-state index in [1.807, 2.05) is 7.05 Å². The fourth-order valence-electron chi connectivity index (χ4n) is 2.17. The second-order valence-electron chi connectivity index (χ2n) is 3.92. The number of ether oxygens (including phenoxy) is 1. The smallest absolute Gasteiger partial charge is 0.191 e. The van der Waals surface area contributed by atoms with E-state index < -0.39 is 0 Å². The first kappa shape index (κ1) is 8.81. The van der Waals surface area contributed by atoms with Crippen molar-refractivity contribution in [3.05, 3.63) is 0 Å². The summed E-state index contributed by atoms with van der Waals surface area (Å²) in [5.41, 5.74) is 5.94. The van der Waals surface area contributed by atoms with E-state index in [1.54, 1.807) is 0 Å². The van der Waals surface area contributed by atoms with E-state index in [0.29, 0.717) is 5.96 Å². The minimum absolute atomic E-state index is 0.167. The Morgan fingerprint density at radius 1 is 1.46 bits per heavy atom. The number of nitrogens with zero attached hydrogens (tertiary/aromatic N) is 2. The molecule has 0 aromatic carbocycles. The van der Waals surface area contributed by atoms with Gasteiger partial charge in [0.25, 0.3) is 0 Å². The molecule has 0 aliphatic carbocycles. The molecule has 2 aliphatic heterocycles. The average Bonchev–Trinajstić information content (AvgIpc) is 2.38. The molecule has 1 atom stereocenters. The van der Waals surface area contributed by atoms with Crippen LogP contribution >= 0.6 is 0 Å².